The molecule has 1 aromatic carbocycles. The van der Waals surface area contributed by atoms with Crippen LogP contribution >= 0.6 is 0 Å². The molecule has 5 heteroatoms. The highest BCUT2D eigenvalue weighted by molar-refractivity contribution is 5.87. The molecule has 2 rings (SSSR count). The van der Waals surface area contributed by atoms with E-state index in [1.807, 2.05) is 4.90 Å². The molecular formula is C15H19NO4. The Morgan fingerprint density at radius 3 is 2.30 bits per heavy atom. The predicted molar refractivity (Wildman–Crippen MR) is 73.9 cm³/mol. The minimum atomic E-state index is -0.978. The second-order valence-electron chi connectivity index (χ2n) is 4.98. The lowest BCUT2D eigenvalue weighted by atomic mass is 10.1. The van der Waals surface area contributed by atoms with Gasteiger partial charge in [0.1, 0.15) is 5.75 Å². The minimum Gasteiger partial charge on any atom is -0.481 e. The Morgan fingerprint density at radius 1 is 1.15 bits per heavy atom. The molecule has 1 aromatic rings. The summed E-state index contributed by atoms with van der Waals surface area (Å²) in [7, 11) is 0. The summed E-state index contributed by atoms with van der Waals surface area (Å²) in [6, 6.07) is 6.08. The predicted octanol–water partition coefficient (Wildman–Crippen LogP) is 2.16. The maximum absolute atomic E-state index is 12.2. The van der Waals surface area contributed by atoms with Crippen molar-refractivity contribution in [1.82, 2.24) is 4.90 Å². The topological polar surface area (TPSA) is 66.8 Å². The van der Waals surface area contributed by atoms with Crippen molar-refractivity contribution in [3.05, 3.63) is 29.8 Å². The van der Waals surface area contributed by atoms with Crippen LogP contribution in [0, 0.1) is 0 Å². The van der Waals surface area contributed by atoms with Gasteiger partial charge in [-0.1, -0.05) is 0 Å². The summed E-state index contributed by atoms with van der Waals surface area (Å²) in [4.78, 5) is 24.8. The van der Waals surface area contributed by atoms with E-state index in [2.05, 4.69) is 0 Å². The van der Waals surface area contributed by atoms with Gasteiger partial charge in [0, 0.05) is 13.1 Å². The molecule has 108 valence electrons. The fourth-order valence-corrected chi connectivity index (χ4v) is 2.30. The zero-order valence-electron chi connectivity index (χ0n) is 11.5. The molecule has 20 heavy (non-hydrogen) atoms. The van der Waals surface area contributed by atoms with Crippen molar-refractivity contribution in [3.63, 3.8) is 0 Å². The molecule has 0 bridgehead atoms. The quantitative estimate of drug-likeness (QED) is 0.916. The zero-order valence-corrected chi connectivity index (χ0v) is 11.5. The molecule has 1 atom stereocenters. The van der Waals surface area contributed by atoms with Crippen LogP contribution in [-0.2, 0) is 4.79 Å². The van der Waals surface area contributed by atoms with E-state index in [9.17, 15) is 9.59 Å². The van der Waals surface area contributed by atoms with Gasteiger partial charge in [0.25, 0.3) is 5.91 Å². The third kappa shape index (κ3) is 3.50. The Kier molecular flexibility index (Phi) is 4.61. The fourth-order valence-electron chi connectivity index (χ4n) is 2.30. The molecule has 1 fully saturated rings. The summed E-state index contributed by atoms with van der Waals surface area (Å²) >= 11 is 0. The molecular weight excluding hydrogens is 258 g/mol. The Balaban J connectivity index is 1.94. The molecule has 0 radical (unpaired) electrons. The third-order valence-corrected chi connectivity index (χ3v) is 3.43. The van der Waals surface area contributed by atoms with Gasteiger partial charge >= 0.3 is 5.97 Å². The van der Waals surface area contributed by atoms with Gasteiger partial charge in [0.2, 0.25) is 0 Å². The van der Waals surface area contributed by atoms with Crippen LogP contribution in [0.15, 0.2) is 24.3 Å². The first-order chi connectivity index (χ1) is 9.58. The highest BCUT2D eigenvalue weighted by Gasteiger charge is 2.23. The van der Waals surface area contributed by atoms with Crippen molar-refractivity contribution in [1.29, 1.82) is 0 Å². The van der Waals surface area contributed by atoms with E-state index >= 15 is 0 Å². The molecule has 0 spiro atoms. The smallest absolute Gasteiger partial charge is 0.335 e. The number of hydrogen-bond acceptors (Lipinski definition) is 3. The number of piperidine rings is 1. The first-order valence-electron chi connectivity index (χ1n) is 6.87. The molecule has 1 aliphatic heterocycles. The zero-order chi connectivity index (χ0) is 14.5. The Labute approximate surface area is 118 Å². The highest BCUT2D eigenvalue weighted by Crippen LogP contribution is 2.16. The van der Waals surface area contributed by atoms with E-state index < -0.39 is 12.1 Å². The van der Waals surface area contributed by atoms with E-state index in [-0.39, 0.29) is 11.5 Å². The number of nitrogens with zero attached hydrogens (tertiary/aromatic N) is 1. The van der Waals surface area contributed by atoms with Crippen LogP contribution in [0.1, 0.15) is 36.5 Å². The number of hydrogen-bond donors (Lipinski definition) is 1. The number of ether oxygens (including phenoxy) is 1. The van der Waals surface area contributed by atoms with Crippen molar-refractivity contribution in [3.8, 4) is 5.75 Å². The second-order valence-corrected chi connectivity index (χ2v) is 4.98. The maximum Gasteiger partial charge on any atom is 0.335 e. The largest absolute Gasteiger partial charge is 0.481 e. The summed E-state index contributed by atoms with van der Waals surface area (Å²) in [5.41, 5.74) is 0.201. The average molecular weight is 277 g/mol. The van der Waals surface area contributed by atoms with Gasteiger partial charge in [-0.05, 0) is 50.5 Å². The monoisotopic (exact) mass is 277 g/mol. The van der Waals surface area contributed by atoms with Crippen LogP contribution < -0.4 is 4.74 Å². The van der Waals surface area contributed by atoms with Gasteiger partial charge in [-0.15, -0.1) is 0 Å². The molecule has 1 aliphatic rings. The lowest BCUT2D eigenvalue weighted by molar-refractivity contribution is -0.138. The van der Waals surface area contributed by atoms with Crippen LogP contribution in [0.25, 0.3) is 0 Å². The highest BCUT2D eigenvalue weighted by atomic mass is 16.5. The first kappa shape index (κ1) is 14.4. The number of carbonyl (C=O) groups is 2. The Bertz CT molecular complexity index is 477. The molecule has 0 aliphatic carbocycles. The summed E-state index contributed by atoms with van der Waals surface area (Å²) in [6.45, 7) is 3.32. The van der Waals surface area contributed by atoms with Crippen molar-refractivity contribution in [2.45, 2.75) is 32.3 Å². The number of benzene rings is 1. The third-order valence-electron chi connectivity index (χ3n) is 3.43. The standard InChI is InChI=1S/C15H19NO4/c1-11(14(17)16-9-3-2-4-10-16)20-13-7-5-12(6-8-13)15(18)19/h5-8,11H,2-4,9-10H2,1H3,(H,18,19). The van der Waals surface area contributed by atoms with Crippen LogP contribution in [0.5, 0.6) is 5.75 Å². The molecule has 5 nitrogen and oxygen atoms in total. The van der Waals surface area contributed by atoms with Gasteiger partial charge < -0.3 is 14.7 Å². The number of rotatable bonds is 4. The molecule has 1 heterocycles. The minimum absolute atomic E-state index is 0.00740. The molecule has 1 amide bonds. The maximum atomic E-state index is 12.2. The Morgan fingerprint density at radius 2 is 1.75 bits per heavy atom. The summed E-state index contributed by atoms with van der Waals surface area (Å²) in [5, 5.41) is 8.81. The summed E-state index contributed by atoms with van der Waals surface area (Å²) in [6.07, 6.45) is 2.72. The van der Waals surface area contributed by atoms with Crippen LogP contribution in [-0.4, -0.2) is 41.1 Å². The van der Waals surface area contributed by atoms with E-state index in [1.165, 1.54) is 18.6 Å². The Hall–Kier alpha value is -2.04. The van der Waals surface area contributed by atoms with Crippen molar-refractivity contribution >= 4 is 11.9 Å². The average Bonchev–Trinajstić information content (AvgIpc) is 2.48. The summed E-state index contributed by atoms with van der Waals surface area (Å²) in [5.74, 6) is -0.478. The molecule has 1 saturated heterocycles. The SMILES string of the molecule is CC(Oc1ccc(C(=O)O)cc1)C(=O)N1CCCCC1. The number of carboxylic acid groups (broad SMARTS) is 1. The normalized spacial score (nSPS) is 16.6. The van der Waals surface area contributed by atoms with Gasteiger partial charge in [-0.25, -0.2) is 4.79 Å². The van der Waals surface area contributed by atoms with E-state index in [4.69, 9.17) is 9.84 Å². The van der Waals surface area contributed by atoms with Crippen molar-refractivity contribution in [2.24, 2.45) is 0 Å². The second kappa shape index (κ2) is 6.41. The van der Waals surface area contributed by atoms with Gasteiger partial charge in [-0.3, -0.25) is 4.79 Å². The van der Waals surface area contributed by atoms with Crippen LogP contribution in [0.3, 0.4) is 0 Å². The molecule has 0 aromatic heterocycles. The number of carbonyl (C=O) groups excluding carboxylic acids is 1. The van der Waals surface area contributed by atoms with Gasteiger partial charge in [0.05, 0.1) is 5.56 Å². The van der Waals surface area contributed by atoms with Crippen molar-refractivity contribution in [2.75, 3.05) is 13.1 Å². The van der Waals surface area contributed by atoms with Gasteiger partial charge in [-0.2, -0.15) is 0 Å². The fraction of sp³-hybridized carbons (Fsp3) is 0.467. The first-order valence-corrected chi connectivity index (χ1v) is 6.87. The molecule has 1 N–H and O–H groups in total. The number of amides is 1. The van der Waals surface area contributed by atoms with E-state index in [0.717, 1.165) is 25.9 Å². The number of aromatic carboxylic acids is 1. The van der Waals surface area contributed by atoms with Crippen LogP contribution in [0.4, 0.5) is 0 Å². The van der Waals surface area contributed by atoms with E-state index in [1.54, 1.807) is 19.1 Å². The lowest BCUT2D eigenvalue weighted by Gasteiger charge is -2.29. The van der Waals surface area contributed by atoms with Crippen LogP contribution in [0.2, 0.25) is 0 Å². The van der Waals surface area contributed by atoms with Gasteiger partial charge in [0.15, 0.2) is 6.10 Å². The molecule has 1 unspecified atom stereocenters. The van der Waals surface area contributed by atoms with E-state index in [0.29, 0.717) is 5.75 Å². The number of carboxylic acids is 1. The summed E-state index contributed by atoms with van der Waals surface area (Å²) < 4.78 is 5.58. The molecule has 0 saturated carbocycles. The van der Waals surface area contributed by atoms with Crippen molar-refractivity contribution < 1.29 is 19.4 Å². The lowest BCUT2D eigenvalue weighted by Crippen LogP contribution is -2.43. The number of likely N-dealkylation sites (tertiary alicyclic amines) is 1.